The molecule has 4 heteroatoms. The summed E-state index contributed by atoms with van der Waals surface area (Å²) in [6, 6.07) is 0.943. The third kappa shape index (κ3) is 3.07. The Morgan fingerprint density at radius 2 is 2.29 bits per heavy atom. The lowest BCUT2D eigenvalue weighted by Gasteiger charge is -2.21. The predicted molar refractivity (Wildman–Crippen MR) is 68.0 cm³/mol. The van der Waals surface area contributed by atoms with Gasteiger partial charge >= 0.3 is 0 Å². The van der Waals surface area contributed by atoms with E-state index in [1.54, 1.807) is 0 Å². The lowest BCUT2D eigenvalue weighted by Crippen LogP contribution is -2.31. The normalized spacial score (nSPS) is 23.4. The van der Waals surface area contributed by atoms with Gasteiger partial charge in [0.05, 0.1) is 6.20 Å². The molecular formula is C13H23N3O. The number of ether oxygens (including phenoxy) is 1. The topological polar surface area (TPSA) is 39.1 Å². The highest BCUT2D eigenvalue weighted by atomic mass is 16.5. The molecule has 1 saturated heterocycles. The molecule has 2 rings (SSSR count). The van der Waals surface area contributed by atoms with Crippen molar-refractivity contribution in [2.24, 2.45) is 7.05 Å². The Kier molecular flexibility index (Phi) is 4.18. The van der Waals surface area contributed by atoms with Gasteiger partial charge in [-0.05, 0) is 33.1 Å². The van der Waals surface area contributed by atoms with Gasteiger partial charge in [0.1, 0.15) is 0 Å². The van der Waals surface area contributed by atoms with E-state index in [9.17, 15) is 0 Å². The minimum Gasteiger partial charge on any atom is -0.381 e. The second kappa shape index (κ2) is 5.65. The summed E-state index contributed by atoms with van der Waals surface area (Å²) in [7, 11) is 1.99. The van der Waals surface area contributed by atoms with Crippen molar-refractivity contribution in [3.05, 3.63) is 17.5 Å². The molecule has 0 bridgehead atoms. The summed E-state index contributed by atoms with van der Waals surface area (Å²) >= 11 is 0. The van der Waals surface area contributed by atoms with Crippen LogP contribution >= 0.6 is 0 Å². The third-order valence-electron chi connectivity index (χ3n) is 3.68. The number of nitrogens with zero attached hydrogens (tertiary/aromatic N) is 2. The van der Waals surface area contributed by atoms with Crippen LogP contribution in [0.1, 0.15) is 43.5 Å². The molecular weight excluding hydrogens is 214 g/mol. The van der Waals surface area contributed by atoms with Crippen molar-refractivity contribution < 1.29 is 4.74 Å². The molecule has 1 aliphatic rings. The molecule has 1 aliphatic heterocycles. The fourth-order valence-electron chi connectivity index (χ4n) is 2.45. The van der Waals surface area contributed by atoms with E-state index in [-0.39, 0.29) is 0 Å². The highest BCUT2D eigenvalue weighted by Gasteiger charge is 2.18. The second-order valence-electron chi connectivity index (χ2n) is 4.94. The van der Waals surface area contributed by atoms with E-state index in [1.807, 2.05) is 17.9 Å². The zero-order valence-electron chi connectivity index (χ0n) is 11.1. The van der Waals surface area contributed by atoms with Gasteiger partial charge in [0, 0.05) is 43.6 Å². The average molecular weight is 237 g/mol. The standard InChI is InChI=1S/C13H23N3O/c1-10(13-9-14-16(3)11(13)2)15-12-5-4-7-17-8-6-12/h9-10,12,15H,4-8H2,1-3H3. The first-order valence-corrected chi connectivity index (χ1v) is 6.50. The van der Waals surface area contributed by atoms with Gasteiger partial charge in [-0.15, -0.1) is 0 Å². The molecule has 0 spiro atoms. The van der Waals surface area contributed by atoms with E-state index in [0.29, 0.717) is 12.1 Å². The van der Waals surface area contributed by atoms with Gasteiger partial charge in [-0.2, -0.15) is 5.10 Å². The minimum atomic E-state index is 0.367. The van der Waals surface area contributed by atoms with Crippen molar-refractivity contribution in [2.45, 2.75) is 45.2 Å². The van der Waals surface area contributed by atoms with Gasteiger partial charge in [0.2, 0.25) is 0 Å². The zero-order valence-corrected chi connectivity index (χ0v) is 11.1. The highest BCUT2D eigenvalue weighted by molar-refractivity contribution is 5.19. The Morgan fingerprint density at radius 3 is 3.00 bits per heavy atom. The Morgan fingerprint density at radius 1 is 1.47 bits per heavy atom. The van der Waals surface area contributed by atoms with Gasteiger partial charge in [0.25, 0.3) is 0 Å². The van der Waals surface area contributed by atoms with E-state index >= 15 is 0 Å². The van der Waals surface area contributed by atoms with E-state index in [0.717, 1.165) is 26.1 Å². The van der Waals surface area contributed by atoms with Crippen molar-refractivity contribution in [3.63, 3.8) is 0 Å². The molecule has 0 aliphatic carbocycles. The SMILES string of the molecule is Cc1c(C(C)NC2CCCOCC2)cnn1C. The maximum Gasteiger partial charge on any atom is 0.0540 e. The summed E-state index contributed by atoms with van der Waals surface area (Å²) < 4.78 is 7.42. The van der Waals surface area contributed by atoms with E-state index in [2.05, 4.69) is 24.3 Å². The first kappa shape index (κ1) is 12.6. The van der Waals surface area contributed by atoms with Crippen molar-refractivity contribution in [3.8, 4) is 0 Å². The van der Waals surface area contributed by atoms with Gasteiger partial charge in [-0.1, -0.05) is 0 Å². The molecule has 1 fully saturated rings. The number of nitrogens with one attached hydrogen (secondary N) is 1. The van der Waals surface area contributed by atoms with Crippen LogP contribution in [0.3, 0.4) is 0 Å². The first-order valence-electron chi connectivity index (χ1n) is 6.50. The lowest BCUT2D eigenvalue weighted by molar-refractivity contribution is 0.142. The highest BCUT2D eigenvalue weighted by Crippen LogP contribution is 2.19. The van der Waals surface area contributed by atoms with Crippen LogP contribution in [-0.2, 0) is 11.8 Å². The van der Waals surface area contributed by atoms with E-state index in [4.69, 9.17) is 4.74 Å². The molecule has 2 heterocycles. The van der Waals surface area contributed by atoms with Crippen LogP contribution in [0, 0.1) is 6.92 Å². The first-order chi connectivity index (χ1) is 8.18. The van der Waals surface area contributed by atoms with Crippen LogP contribution in [0.4, 0.5) is 0 Å². The fourth-order valence-corrected chi connectivity index (χ4v) is 2.45. The lowest BCUT2D eigenvalue weighted by atomic mass is 10.1. The number of aryl methyl sites for hydroxylation is 1. The summed E-state index contributed by atoms with van der Waals surface area (Å²) in [4.78, 5) is 0. The van der Waals surface area contributed by atoms with Gasteiger partial charge < -0.3 is 10.1 Å². The molecule has 96 valence electrons. The Labute approximate surface area is 103 Å². The maximum atomic E-state index is 5.48. The Hall–Kier alpha value is -0.870. The van der Waals surface area contributed by atoms with Crippen LogP contribution in [-0.4, -0.2) is 29.0 Å². The summed E-state index contributed by atoms with van der Waals surface area (Å²) in [5.74, 6) is 0. The van der Waals surface area contributed by atoms with Crippen molar-refractivity contribution in [1.82, 2.24) is 15.1 Å². The summed E-state index contributed by atoms with van der Waals surface area (Å²) in [5, 5.41) is 8.00. The summed E-state index contributed by atoms with van der Waals surface area (Å²) in [6.07, 6.45) is 5.46. The quantitative estimate of drug-likeness (QED) is 0.873. The van der Waals surface area contributed by atoms with Crippen LogP contribution in [0.2, 0.25) is 0 Å². The van der Waals surface area contributed by atoms with Crippen molar-refractivity contribution >= 4 is 0 Å². The minimum absolute atomic E-state index is 0.367. The zero-order chi connectivity index (χ0) is 12.3. The van der Waals surface area contributed by atoms with E-state index < -0.39 is 0 Å². The van der Waals surface area contributed by atoms with Crippen molar-refractivity contribution in [2.75, 3.05) is 13.2 Å². The number of rotatable bonds is 3. The molecule has 2 atom stereocenters. The average Bonchev–Trinajstić information content (AvgIpc) is 2.55. The monoisotopic (exact) mass is 237 g/mol. The van der Waals surface area contributed by atoms with Crippen LogP contribution in [0.5, 0.6) is 0 Å². The molecule has 1 aromatic heterocycles. The van der Waals surface area contributed by atoms with Gasteiger partial charge in [0.15, 0.2) is 0 Å². The largest absolute Gasteiger partial charge is 0.381 e. The smallest absolute Gasteiger partial charge is 0.0540 e. The fraction of sp³-hybridized carbons (Fsp3) is 0.769. The Balaban J connectivity index is 1.95. The molecule has 0 aromatic carbocycles. The number of hydrogen-bond donors (Lipinski definition) is 1. The number of aromatic nitrogens is 2. The maximum absolute atomic E-state index is 5.48. The van der Waals surface area contributed by atoms with Crippen LogP contribution < -0.4 is 5.32 Å². The Bertz CT molecular complexity index is 354. The molecule has 0 saturated carbocycles. The second-order valence-corrected chi connectivity index (χ2v) is 4.94. The molecule has 1 aromatic rings. The third-order valence-corrected chi connectivity index (χ3v) is 3.68. The predicted octanol–water partition coefficient (Wildman–Crippen LogP) is 1.95. The van der Waals surface area contributed by atoms with Crippen LogP contribution in [0.15, 0.2) is 6.20 Å². The van der Waals surface area contributed by atoms with E-state index in [1.165, 1.54) is 17.7 Å². The van der Waals surface area contributed by atoms with Crippen molar-refractivity contribution in [1.29, 1.82) is 0 Å². The molecule has 0 amide bonds. The van der Waals surface area contributed by atoms with Gasteiger partial charge in [-0.25, -0.2) is 0 Å². The molecule has 4 nitrogen and oxygen atoms in total. The number of hydrogen-bond acceptors (Lipinski definition) is 3. The van der Waals surface area contributed by atoms with Crippen LogP contribution in [0.25, 0.3) is 0 Å². The molecule has 2 unspecified atom stereocenters. The molecule has 1 N–H and O–H groups in total. The van der Waals surface area contributed by atoms with Gasteiger partial charge in [-0.3, -0.25) is 4.68 Å². The summed E-state index contributed by atoms with van der Waals surface area (Å²) in [5.41, 5.74) is 2.55. The molecule has 0 radical (unpaired) electrons. The summed E-state index contributed by atoms with van der Waals surface area (Å²) in [6.45, 7) is 6.14. The molecule has 17 heavy (non-hydrogen) atoms.